The highest BCUT2D eigenvalue weighted by atomic mass is 79.9. The number of hydrogen-bond donors (Lipinski definition) is 1. The number of esters is 1. The zero-order valence-corrected chi connectivity index (χ0v) is 9.22. The van der Waals surface area contributed by atoms with Crippen molar-refractivity contribution in [3.63, 3.8) is 0 Å². The molecule has 0 unspecified atom stereocenters. The van der Waals surface area contributed by atoms with Crippen LogP contribution in [0.15, 0.2) is 10.8 Å². The number of pyridine rings is 1. The summed E-state index contributed by atoms with van der Waals surface area (Å²) < 4.78 is 29.4. The molecule has 0 amide bonds. The third kappa shape index (κ3) is 2.23. The number of carbonyl (C=O) groups excluding carboxylic acids is 1. The molecule has 0 aliphatic heterocycles. The number of anilines is 1. The topological polar surface area (TPSA) is 65.2 Å². The van der Waals surface area contributed by atoms with Crippen molar-refractivity contribution in [2.75, 3.05) is 12.8 Å². The minimum atomic E-state index is -2.81. The SMILES string of the molecule is COC(=O)c1cnc(Br)c(C(F)F)c1N. The van der Waals surface area contributed by atoms with Crippen LogP contribution in [0, 0.1) is 0 Å². The molecule has 82 valence electrons. The molecule has 0 bridgehead atoms. The number of methoxy groups -OCH3 is 1. The van der Waals surface area contributed by atoms with Crippen LogP contribution < -0.4 is 5.73 Å². The minimum absolute atomic E-state index is 0.0809. The number of carbonyl (C=O) groups is 1. The highest BCUT2D eigenvalue weighted by molar-refractivity contribution is 9.10. The Labute approximate surface area is 92.6 Å². The molecule has 2 N–H and O–H groups in total. The Morgan fingerprint density at radius 3 is 2.73 bits per heavy atom. The van der Waals surface area contributed by atoms with Crippen LogP contribution in [0.5, 0.6) is 0 Å². The summed E-state index contributed by atoms with van der Waals surface area (Å²) in [6.07, 6.45) is -1.73. The summed E-state index contributed by atoms with van der Waals surface area (Å²) in [5, 5.41) is 0. The van der Waals surface area contributed by atoms with Crippen molar-refractivity contribution >= 4 is 27.6 Å². The summed E-state index contributed by atoms with van der Waals surface area (Å²) in [7, 11) is 1.13. The van der Waals surface area contributed by atoms with Gasteiger partial charge >= 0.3 is 5.97 Å². The first-order valence-corrected chi connectivity index (χ1v) is 4.58. The van der Waals surface area contributed by atoms with Crippen LogP contribution in [-0.2, 0) is 4.74 Å². The standard InChI is InChI=1S/C8H7BrF2N2O2/c1-15-8(14)3-2-13-6(9)4(5(3)12)7(10)11/h2,7H,1H3,(H2,12,13). The summed E-state index contributed by atoms with van der Waals surface area (Å²) in [5.41, 5.74) is 4.42. The van der Waals surface area contributed by atoms with Gasteiger partial charge in [-0.05, 0) is 15.9 Å². The van der Waals surface area contributed by atoms with Gasteiger partial charge in [0, 0.05) is 6.20 Å². The van der Waals surface area contributed by atoms with Crippen LogP contribution in [0.4, 0.5) is 14.5 Å². The van der Waals surface area contributed by atoms with Gasteiger partial charge in [-0.25, -0.2) is 18.6 Å². The molecule has 1 heterocycles. The normalized spacial score (nSPS) is 10.5. The molecule has 4 nitrogen and oxygen atoms in total. The second-order valence-electron chi connectivity index (χ2n) is 2.58. The smallest absolute Gasteiger partial charge is 0.341 e. The van der Waals surface area contributed by atoms with Crippen molar-refractivity contribution in [3.8, 4) is 0 Å². The second kappa shape index (κ2) is 4.52. The number of nitrogens with two attached hydrogens (primary N) is 1. The summed E-state index contributed by atoms with van der Waals surface area (Å²) in [5.74, 6) is -0.797. The largest absolute Gasteiger partial charge is 0.465 e. The molecule has 15 heavy (non-hydrogen) atoms. The maximum absolute atomic E-state index is 12.5. The molecule has 1 aromatic rings. The average molecular weight is 281 g/mol. The molecule has 0 aliphatic carbocycles. The molecule has 0 spiro atoms. The van der Waals surface area contributed by atoms with Crippen molar-refractivity contribution in [1.29, 1.82) is 0 Å². The van der Waals surface area contributed by atoms with E-state index in [1.807, 2.05) is 0 Å². The molecule has 1 rings (SSSR count). The van der Waals surface area contributed by atoms with Gasteiger partial charge in [-0.2, -0.15) is 0 Å². The van der Waals surface area contributed by atoms with E-state index in [0.29, 0.717) is 0 Å². The molecule has 0 aromatic carbocycles. The lowest BCUT2D eigenvalue weighted by Crippen LogP contribution is -2.10. The third-order valence-corrected chi connectivity index (χ3v) is 2.37. The van der Waals surface area contributed by atoms with Crippen LogP contribution in [-0.4, -0.2) is 18.1 Å². The Morgan fingerprint density at radius 2 is 2.27 bits per heavy atom. The fourth-order valence-electron chi connectivity index (χ4n) is 0.997. The minimum Gasteiger partial charge on any atom is -0.465 e. The van der Waals surface area contributed by atoms with Crippen LogP contribution >= 0.6 is 15.9 Å². The number of rotatable bonds is 2. The van der Waals surface area contributed by atoms with Gasteiger partial charge in [-0.1, -0.05) is 0 Å². The van der Waals surface area contributed by atoms with E-state index in [1.165, 1.54) is 0 Å². The van der Waals surface area contributed by atoms with Crippen molar-refractivity contribution in [2.24, 2.45) is 0 Å². The zero-order valence-electron chi connectivity index (χ0n) is 7.63. The predicted molar refractivity (Wildman–Crippen MR) is 52.6 cm³/mol. The van der Waals surface area contributed by atoms with E-state index < -0.39 is 18.0 Å². The lowest BCUT2D eigenvalue weighted by atomic mass is 10.1. The van der Waals surface area contributed by atoms with Gasteiger partial charge < -0.3 is 10.5 Å². The van der Waals surface area contributed by atoms with E-state index >= 15 is 0 Å². The summed E-state index contributed by atoms with van der Waals surface area (Å²) in [4.78, 5) is 14.7. The molecular formula is C8H7BrF2N2O2. The zero-order chi connectivity index (χ0) is 11.6. The van der Waals surface area contributed by atoms with Crippen molar-refractivity contribution in [3.05, 3.63) is 21.9 Å². The molecular weight excluding hydrogens is 274 g/mol. The van der Waals surface area contributed by atoms with Gasteiger partial charge in [0.2, 0.25) is 0 Å². The lowest BCUT2D eigenvalue weighted by Gasteiger charge is -2.09. The molecule has 0 radical (unpaired) electrons. The predicted octanol–water partition coefficient (Wildman–Crippen LogP) is 2.15. The van der Waals surface area contributed by atoms with Gasteiger partial charge in [-0.15, -0.1) is 0 Å². The highest BCUT2D eigenvalue weighted by Gasteiger charge is 2.22. The van der Waals surface area contributed by atoms with Gasteiger partial charge in [0.05, 0.1) is 18.4 Å². The first kappa shape index (κ1) is 11.8. The average Bonchev–Trinajstić information content (AvgIpc) is 2.16. The van der Waals surface area contributed by atoms with Crippen molar-refractivity contribution in [1.82, 2.24) is 4.98 Å². The fourth-order valence-corrected chi connectivity index (χ4v) is 1.49. The Balaban J connectivity index is 3.35. The van der Waals surface area contributed by atoms with Crippen molar-refractivity contribution < 1.29 is 18.3 Å². The Bertz CT molecular complexity index is 398. The molecule has 0 fully saturated rings. The van der Waals surface area contributed by atoms with E-state index in [9.17, 15) is 13.6 Å². The summed E-state index contributed by atoms with van der Waals surface area (Å²) >= 11 is 2.83. The fraction of sp³-hybridized carbons (Fsp3) is 0.250. The monoisotopic (exact) mass is 280 g/mol. The second-order valence-corrected chi connectivity index (χ2v) is 3.33. The lowest BCUT2D eigenvalue weighted by molar-refractivity contribution is 0.0601. The molecule has 0 saturated carbocycles. The number of alkyl halides is 2. The maximum atomic E-state index is 12.5. The number of hydrogen-bond acceptors (Lipinski definition) is 4. The molecule has 1 aromatic heterocycles. The van der Waals surface area contributed by atoms with E-state index in [-0.39, 0.29) is 15.9 Å². The quantitative estimate of drug-likeness (QED) is 0.666. The highest BCUT2D eigenvalue weighted by Crippen LogP contribution is 2.32. The van der Waals surface area contributed by atoms with Crippen LogP contribution in [0.25, 0.3) is 0 Å². The Hall–Kier alpha value is -1.24. The van der Waals surface area contributed by atoms with E-state index in [2.05, 4.69) is 25.7 Å². The number of aromatic nitrogens is 1. The number of nitrogens with zero attached hydrogens (tertiary/aromatic N) is 1. The van der Waals surface area contributed by atoms with E-state index in [1.54, 1.807) is 0 Å². The third-order valence-electron chi connectivity index (χ3n) is 1.73. The van der Waals surface area contributed by atoms with Gasteiger partial charge in [-0.3, -0.25) is 0 Å². The van der Waals surface area contributed by atoms with Gasteiger partial charge in [0.1, 0.15) is 10.2 Å². The van der Waals surface area contributed by atoms with Gasteiger partial charge in [0.25, 0.3) is 6.43 Å². The first-order chi connectivity index (χ1) is 6.99. The number of halogens is 3. The Morgan fingerprint density at radius 1 is 1.67 bits per heavy atom. The molecule has 0 aliphatic rings. The number of ether oxygens (including phenoxy) is 1. The van der Waals surface area contributed by atoms with Gasteiger partial charge in [0.15, 0.2) is 0 Å². The van der Waals surface area contributed by atoms with E-state index in [0.717, 1.165) is 13.3 Å². The molecule has 7 heteroatoms. The Kier molecular flexibility index (Phi) is 3.57. The maximum Gasteiger partial charge on any atom is 0.341 e. The van der Waals surface area contributed by atoms with Crippen molar-refractivity contribution in [2.45, 2.75) is 6.43 Å². The van der Waals surface area contributed by atoms with E-state index in [4.69, 9.17) is 5.73 Å². The van der Waals surface area contributed by atoms with Crippen LogP contribution in [0.2, 0.25) is 0 Å². The number of nitrogen functional groups attached to an aromatic ring is 1. The molecule has 0 saturated heterocycles. The first-order valence-electron chi connectivity index (χ1n) is 3.79. The summed E-state index contributed by atoms with van der Waals surface area (Å²) in [6, 6.07) is 0. The molecule has 0 atom stereocenters. The summed E-state index contributed by atoms with van der Waals surface area (Å²) in [6.45, 7) is 0. The van der Waals surface area contributed by atoms with Crippen LogP contribution in [0.1, 0.15) is 22.3 Å². The van der Waals surface area contributed by atoms with Crippen LogP contribution in [0.3, 0.4) is 0 Å².